The maximum atomic E-state index is 13.5. The summed E-state index contributed by atoms with van der Waals surface area (Å²) in [5.74, 6) is 1.97. The SMILES string of the molecule is O=C(O)[C@H]1CC=CC[C@@H](CCCCCC[C@H]2C=CCC2)[C@@H](c2ccc(O)cc2)Cc2ccc3c(c2)[C@]12C[C@H]1C=c4ccccc4=C[C@@H]1C[C@@H]2CC3. The van der Waals surface area contributed by atoms with E-state index in [1.807, 2.05) is 12.1 Å². The molecule has 0 unspecified atom stereocenters. The van der Waals surface area contributed by atoms with Crippen LogP contribution in [0.1, 0.15) is 112 Å². The molecule has 0 amide bonds. The summed E-state index contributed by atoms with van der Waals surface area (Å²) in [6, 6.07) is 23.9. The predicted molar refractivity (Wildman–Crippen MR) is 208 cm³/mol. The van der Waals surface area contributed by atoms with Gasteiger partial charge < -0.3 is 10.2 Å². The Bertz CT molecular complexity index is 1880. The Kier molecular flexibility index (Phi) is 10.1. The van der Waals surface area contributed by atoms with Crippen molar-refractivity contribution in [3.63, 3.8) is 0 Å². The van der Waals surface area contributed by atoms with Crippen molar-refractivity contribution in [2.45, 2.75) is 108 Å². The number of phenolic OH excluding ortho intramolecular Hbond substituents is 1. The van der Waals surface area contributed by atoms with Gasteiger partial charge >= 0.3 is 5.97 Å². The zero-order valence-corrected chi connectivity index (χ0v) is 30.3. The maximum absolute atomic E-state index is 13.5. The number of aryl methyl sites for hydroxylation is 1. The van der Waals surface area contributed by atoms with Crippen LogP contribution >= 0.6 is 0 Å². The number of hydrogen-bond donors (Lipinski definition) is 2. The minimum Gasteiger partial charge on any atom is -0.508 e. The molecule has 2 N–H and O–H groups in total. The molecule has 3 nitrogen and oxygen atoms in total. The molecular weight excluding hydrogens is 625 g/mol. The van der Waals surface area contributed by atoms with Gasteiger partial charge in [-0.2, -0.15) is 0 Å². The van der Waals surface area contributed by atoms with E-state index in [1.165, 1.54) is 77.6 Å². The molecule has 0 saturated heterocycles. The number of carboxylic acids is 1. The van der Waals surface area contributed by atoms with E-state index in [0.29, 0.717) is 41.8 Å². The second-order valence-corrected chi connectivity index (χ2v) is 16.8. The topological polar surface area (TPSA) is 57.5 Å². The third-order valence-corrected chi connectivity index (χ3v) is 13.9. The molecule has 0 heterocycles. The van der Waals surface area contributed by atoms with Crippen LogP contribution in [0.5, 0.6) is 5.75 Å². The molecule has 5 aliphatic carbocycles. The molecule has 0 radical (unpaired) electrons. The lowest BCUT2D eigenvalue weighted by molar-refractivity contribution is -0.147. The van der Waals surface area contributed by atoms with Crippen LogP contribution < -0.4 is 10.4 Å². The average Bonchev–Trinajstić information content (AvgIpc) is 3.66. The minimum atomic E-state index is -0.634. The van der Waals surface area contributed by atoms with Gasteiger partial charge in [0.1, 0.15) is 5.75 Å². The van der Waals surface area contributed by atoms with Crippen molar-refractivity contribution < 1.29 is 15.0 Å². The highest BCUT2D eigenvalue weighted by atomic mass is 16.4. The number of carbonyl (C=O) groups is 1. The molecule has 0 aromatic heterocycles. The lowest BCUT2D eigenvalue weighted by atomic mass is 9.47. The lowest BCUT2D eigenvalue weighted by Gasteiger charge is -2.55. The largest absolute Gasteiger partial charge is 0.508 e. The Hall–Kier alpha value is -3.85. The summed E-state index contributed by atoms with van der Waals surface area (Å²) in [6.07, 6.45) is 31.1. The van der Waals surface area contributed by atoms with Gasteiger partial charge in [-0.15, -0.1) is 0 Å². The smallest absolute Gasteiger partial charge is 0.307 e. The van der Waals surface area contributed by atoms with Gasteiger partial charge in [0.15, 0.2) is 0 Å². The zero-order valence-electron chi connectivity index (χ0n) is 30.3. The van der Waals surface area contributed by atoms with Crippen molar-refractivity contribution in [1.82, 2.24) is 0 Å². The van der Waals surface area contributed by atoms with Crippen molar-refractivity contribution in [3.05, 3.63) is 124 Å². The number of carboxylic acid groups (broad SMARTS) is 1. The first-order valence-electron chi connectivity index (χ1n) is 20.2. The van der Waals surface area contributed by atoms with Gasteiger partial charge in [0.05, 0.1) is 5.92 Å². The molecule has 3 aromatic carbocycles. The van der Waals surface area contributed by atoms with E-state index < -0.39 is 17.3 Å². The highest BCUT2D eigenvalue weighted by Crippen LogP contribution is 2.59. The first kappa shape index (κ1) is 34.2. The summed E-state index contributed by atoms with van der Waals surface area (Å²) in [4.78, 5) is 13.5. The number of rotatable bonds is 9. The molecule has 1 fully saturated rings. The molecule has 5 aliphatic rings. The van der Waals surface area contributed by atoms with Crippen LogP contribution in [0.2, 0.25) is 0 Å². The monoisotopic (exact) mass is 680 g/mol. The van der Waals surface area contributed by atoms with Gasteiger partial charge in [-0.25, -0.2) is 0 Å². The van der Waals surface area contributed by atoms with E-state index in [1.54, 1.807) is 0 Å². The van der Waals surface area contributed by atoms with E-state index in [9.17, 15) is 15.0 Å². The second-order valence-electron chi connectivity index (χ2n) is 16.8. The number of allylic oxidation sites excluding steroid dienone is 4. The van der Waals surface area contributed by atoms with Gasteiger partial charge in [-0.3, -0.25) is 4.79 Å². The highest BCUT2D eigenvalue weighted by Gasteiger charge is 2.56. The van der Waals surface area contributed by atoms with E-state index in [4.69, 9.17) is 0 Å². The van der Waals surface area contributed by atoms with E-state index in [0.717, 1.165) is 50.9 Å². The molecule has 0 aliphatic heterocycles. The third-order valence-electron chi connectivity index (χ3n) is 13.9. The number of phenols is 1. The minimum absolute atomic E-state index is 0.317. The Morgan fingerprint density at radius 2 is 1.57 bits per heavy atom. The number of aliphatic carboxylic acids is 1. The Morgan fingerprint density at radius 1 is 0.804 bits per heavy atom. The van der Waals surface area contributed by atoms with E-state index in [-0.39, 0.29) is 0 Å². The Labute approximate surface area is 304 Å². The van der Waals surface area contributed by atoms with Crippen molar-refractivity contribution in [3.8, 4) is 5.75 Å². The van der Waals surface area contributed by atoms with Crippen molar-refractivity contribution in [1.29, 1.82) is 0 Å². The normalized spacial score (nSPS) is 30.8. The van der Waals surface area contributed by atoms with Crippen LogP contribution in [0.4, 0.5) is 0 Å². The fourth-order valence-corrected chi connectivity index (χ4v) is 11.3. The van der Waals surface area contributed by atoms with Crippen LogP contribution in [0.25, 0.3) is 12.2 Å². The molecule has 8 atom stereocenters. The average molecular weight is 681 g/mol. The lowest BCUT2D eigenvalue weighted by Crippen LogP contribution is -2.54. The number of aromatic hydroxyl groups is 1. The van der Waals surface area contributed by atoms with E-state index in [2.05, 4.69) is 91.1 Å². The third kappa shape index (κ3) is 7.03. The fourth-order valence-electron chi connectivity index (χ4n) is 11.3. The summed E-state index contributed by atoms with van der Waals surface area (Å²) in [5, 5.41) is 24.0. The van der Waals surface area contributed by atoms with Crippen molar-refractivity contribution >= 4 is 18.1 Å². The molecule has 1 saturated carbocycles. The fraction of sp³-hybridized carbons (Fsp3) is 0.479. The van der Waals surface area contributed by atoms with Gasteiger partial charge in [0.2, 0.25) is 0 Å². The van der Waals surface area contributed by atoms with Gasteiger partial charge in [-0.1, -0.05) is 117 Å². The zero-order chi connectivity index (χ0) is 34.8. The van der Waals surface area contributed by atoms with Gasteiger partial charge in [-0.05, 0) is 151 Å². The van der Waals surface area contributed by atoms with E-state index >= 15 is 0 Å². The first-order chi connectivity index (χ1) is 25.0. The Morgan fingerprint density at radius 3 is 2.33 bits per heavy atom. The number of fused-ring (bicyclic) bond motifs is 3. The molecule has 8 rings (SSSR count). The number of benzene rings is 3. The summed E-state index contributed by atoms with van der Waals surface area (Å²) >= 11 is 0. The standard InChI is InChI=1S/C48H56O3/c49-43-25-22-36(23-26-43)44-27-34-19-20-37-21-24-42-31-40-29-38-16-7-8-17-39(38)30-41(40)32-48(42,46(37)28-34)45(47(50)51)18-10-9-15-35(44)14-4-2-1-3-11-33-12-5-6-13-33/h5,7-10,12,16-17,19-20,22-23,25-26,28-30,33,35,40-42,44-45,49H,1-4,6,11,13-15,18,21,24,27,31-32H2,(H,50,51)/t33-,35+,40+,41+,42-,44-,45+,48-/m0/s1. The van der Waals surface area contributed by atoms with Crippen LogP contribution in [-0.4, -0.2) is 16.2 Å². The van der Waals surface area contributed by atoms with Crippen molar-refractivity contribution in [2.24, 2.45) is 35.5 Å². The Balaban J connectivity index is 1.13. The summed E-state index contributed by atoms with van der Waals surface area (Å²) in [6.45, 7) is 0. The number of hydrogen-bond acceptors (Lipinski definition) is 2. The van der Waals surface area contributed by atoms with Crippen LogP contribution in [0, 0.1) is 35.5 Å². The molecular formula is C48H56O3. The first-order valence-corrected chi connectivity index (χ1v) is 20.2. The summed E-state index contributed by atoms with van der Waals surface area (Å²) in [7, 11) is 0. The van der Waals surface area contributed by atoms with Gasteiger partial charge in [0.25, 0.3) is 0 Å². The molecule has 3 heteroatoms. The molecule has 1 spiro atoms. The molecule has 51 heavy (non-hydrogen) atoms. The molecule has 2 bridgehead atoms. The molecule has 3 aromatic rings. The van der Waals surface area contributed by atoms with Crippen LogP contribution in [-0.2, 0) is 23.1 Å². The van der Waals surface area contributed by atoms with Gasteiger partial charge in [0, 0.05) is 5.41 Å². The van der Waals surface area contributed by atoms with Crippen LogP contribution in [0.3, 0.4) is 0 Å². The number of unbranched alkanes of at least 4 members (excludes halogenated alkanes) is 3. The summed E-state index contributed by atoms with van der Waals surface area (Å²) < 4.78 is 0. The van der Waals surface area contributed by atoms with Crippen molar-refractivity contribution in [2.75, 3.05) is 0 Å². The maximum Gasteiger partial charge on any atom is 0.307 e. The van der Waals surface area contributed by atoms with Crippen LogP contribution in [0.15, 0.2) is 91.0 Å². The summed E-state index contributed by atoms with van der Waals surface area (Å²) in [5.41, 5.74) is 4.95. The quantitative estimate of drug-likeness (QED) is 0.175. The highest BCUT2D eigenvalue weighted by molar-refractivity contribution is 5.74. The molecule has 266 valence electrons. The second kappa shape index (κ2) is 15.0. The predicted octanol–water partition coefficient (Wildman–Crippen LogP) is 9.79.